The second kappa shape index (κ2) is 8.37. The number of hydrogen-bond donors (Lipinski definition) is 1. The number of fused-ring (bicyclic) bond motifs is 1. The summed E-state index contributed by atoms with van der Waals surface area (Å²) in [6.07, 6.45) is 0. The number of benzene rings is 3. The van der Waals surface area contributed by atoms with Crippen molar-refractivity contribution in [2.45, 2.75) is 6.92 Å². The highest BCUT2D eigenvalue weighted by molar-refractivity contribution is 6.30. The molecular formula is C23H20ClN3O2. The largest absolute Gasteiger partial charge is 0.497 e. The molecule has 0 saturated carbocycles. The van der Waals surface area contributed by atoms with Gasteiger partial charge < -0.3 is 9.47 Å². The van der Waals surface area contributed by atoms with Crippen LogP contribution >= 0.6 is 11.6 Å². The average molecular weight is 406 g/mol. The highest BCUT2D eigenvalue weighted by Gasteiger charge is 2.18. The predicted molar refractivity (Wildman–Crippen MR) is 117 cm³/mol. The number of rotatable bonds is 5. The van der Waals surface area contributed by atoms with E-state index in [1.165, 1.54) is 0 Å². The zero-order chi connectivity index (χ0) is 20.2. The van der Waals surface area contributed by atoms with Crippen molar-refractivity contribution in [3.63, 3.8) is 0 Å². The highest BCUT2D eigenvalue weighted by atomic mass is 35.5. The Morgan fingerprint density at radius 2 is 1.59 bits per heavy atom. The first-order valence-corrected chi connectivity index (χ1v) is 9.65. The van der Waals surface area contributed by atoms with Crippen LogP contribution in [0.1, 0.15) is 23.6 Å². The maximum Gasteiger partial charge on any atom is 0.154 e. The molecule has 0 saturated heterocycles. The number of nitrogens with one attached hydrogen (secondary N) is 1. The molecular weight excluding hydrogens is 386 g/mol. The number of hydrogen-bond acceptors (Lipinski definition) is 5. The van der Waals surface area contributed by atoms with Crippen molar-refractivity contribution in [1.82, 2.24) is 5.43 Å². The van der Waals surface area contributed by atoms with Crippen LogP contribution in [0.3, 0.4) is 0 Å². The summed E-state index contributed by atoms with van der Waals surface area (Å²) in [5.41, 5.74) is 7.42. The molecule has 6 heteroatoms. The van der Waals surface area contributed by atoms with Crippen molar-refractivity contribution in [2.24, 2.45) is 10.1 Å². The number of hydrazone groups is 1. The van der Waals surface area contributed by atoms with Crippen LogP contribution in [0, 0.1) is 0 Å². The molecule has 0 unspecified atom stereocenters. The molecule has 3 aromatic rings. The minimum absolute atomic E-state index is 0.588. The number of methoxy groups -OCH3 is 1. The number of halogens is 1. The fourth-order valence-electron chi connectivity index (χ4n) is 3.08. The van der Waals surface area contributed by atoms with Crippen LogP contribution in [-0.2, 0) is 0 Å². The molecule has 0 radical (unpaired) electrons. The molecule has 1 aliphatic rings. The van der Waals surface area contributed by atoms with Gasteiger partial charge in [0.15, 0.2) is 5.84 Å². The van der Waals surface area contributed by atoms with Gasteiger partial charge in [-0.2, -0.15) is 5.10 Å². The summed E-state index contributed by atoms with van der Waals surface area (Å²) in [6.45, 7) is 2.55. The molecule has 0 bridgehead atoms. The molecule has 1 heterocycles. The maximum atomic E-state index is 6.07. The van der Waals surface area contributed by atoms with E-state index in [4.69, 9.17) is 26.1 Å². The standard InChI is InChI=1S/C23H20ClN3O2/c1-3-29-19-12-13-21-20(14-19)22(15-4-8-17(24)9-5-15)26-27-23(25-21)16-6-10-18(28-2)11-7-16/h4-14H,3H2,1-2H3,(H,25,27). The van der Waals surface area contributed by atoms with Crippen LogP contribution in [0.4, 0.5) is 5.69 Å². The SMILES string of the molecule is CCOc1ccc2c(c1)C(c1ccc(Cl)cc1)=NNC(c1ccc(OC)cc1)=N2. The lowest BCUT2D eigenvalue weighted by atomic mass is 10.0. The summed E-state index contributed by atoms with van der Waals surface area (Å²) in [5.74, 6) is 2.22. The van der Waals surface area contributed by atoms with Gasteiger partial charge in [-0.25, -0.2) is 4.99 Å². The third-order valence-corrected chi connectivity index (χ3v) is 4.77. The summed E-state index contributed by atoms with van der Waals surface area (Å²) >= 11 is 6.07. The Morgan fingerprint density at radius 1 is 0.897 bits per heavy atom. The van der Waals surface area contributed by atoms with Crippen LogP contribution in [-0.4, -0.2) is 25.3 Å². The van der Waals surface area contributed by atoms with Crippen molar-refractivity contribution < 1.29 is 9.47 Å². The van der Waals surface area contributed by atoms with Crippen molar-refractivity contribution in [3.05, 3.63) is 88.4 Å². The van der Waals surface area contributed by atoms with Crippen LogP contribution in [0.5, 0.6) is 11.5 Å². The van der Waals surface area contributed by atoms with Crippen LogP contribution in [0.25, 0.3) is 0 Å². The van der Waals surface area contributed by atoms with Crippen molar-refractivity contribution in [1.29, 1.82) is 0 Å². The Kier molecular flexibility index (Phi) is 5.49. The number of amidine groups is 1. The van der Waals surface area contributed by atoms with Gasteiger partial charge in [-0.05, 0) is 61.5 Å². The summed E-state index contributed by atoms with van der Waals surface area (Å²) in [6, 6.07) is 21.1. The van der Waals surface area contributed by atoms with Gasteiger partial charge in [0.2, 0.25) is 0 Å². The number of ether oxygens (including phenoxy) is 2. The molecule has 1 aliphatic heterocycles. The van der Waals surface area contributed by atoms with Crippen molar-refractivity contribution in [2.75, 3.05) is 13.7 Å². The lowest BCUT2D eigenvalue weighted by Crippen LogP contribution is -2.19. The van der Waals surface area contributed by atoms with Gasteiger partial charge >= 0.3 is 0 Å². The Bertz CT molecular complexity index is 1070. The monoisotopic (exact) mass is 405 g/mol. The van der Waals surface area contributed by atoms with E-state index in [1.54, 1.807) is 7.11 Å². The Labute approximate surface area is 174 Å². The quantitative estimate of drug-likeness (QED) is 0.636. The first-order chi connectivity index (χ1) is 14.2. The van der Waals surface area contributed by atoms with E-state index >= 15 is 0 Å². The number of nitrogens with zero attached hydrogens (tertiary/aromatic N) is 2. The third kappa shape index (κ3) is 4.10. The second-order valence-corrected chi connectivity index (χ2v) is 6.82. The highest BCUT2D eigenvalue weighted by Crippen LogP contribution is 2.30. The minimum Gasteiger partial charge on any atom is -0.497 e. The smallest absolute Gasteiger partial charge is 0.154 e. The van der Waals surface area contributed by atoms with Gasteiger partial charge in [0.1, 0.15) is 17.2 Å². The molecule has 4 rings (SSSR count). The third-order valence-electron chi connectivity index (χ3n) is 4.52. The van der Waals surface area contributed by atoms with Crippen LogP contribution in [0.15, 0.2) is 76.8 Å². The van der Waals surface area contributed by atoms with Gasteiger partial charge in [-0.3, -0.25) is 5.43 Å². The van der Waals surface area contributed by atoms with Gasteiger partial charge in [-0.15, -0.1) is 0 Å². The summed E-state index contributed by atoms with van der Waals surface area (Å²) in [7, 11) is 1.64. The van der Waals surface area contributed by atoms with Crippen molar-refractivity contribution in [3.8, 4) is 11.5 Å². The lowest BCUT2D eigenvalue weighted by Gasteiger charge is -2.10. The molecule has 3 aromatic carbocycles. The van der Waals surface area contributed by atoms with Crippen molar-refractivity contribution >= 4 is 28.8 Å². The lowest BCUT2D eigenvalue weighted by molar-refractivity contribution is 0.340. The first kappa shape index (κ1) is 19.0. The fraction of sp³-hybridized carbons (Fsp3) is 0.130. The van der Waals surface area contributed by atoms with E-state index in [9.17, 15) is 0 Å². The second-order valence-electron chi connectivity index (χ2n) is 6.38. The van der Waals surface area contributed by atoms with E-state index in [-0.39, 0.29) is 0 Å². The molecule has 0 fully saturated rings. The topological polar surface area (TPSA) is 55.2 Å². The van der Waals surface area contributed by atoms with E-state index in [1.807, 2.05) is 73.7 Å². The van der Waals surface area contributed by atoms with Gasteiger partial charge in [0.25, 0.3) is 0 Å². The molecule has 0 aromatic heterocycles. The van der Waals surface area contributed by atoms with E-state index in [0.717, 1.165) is 39.6 Å². The van der Waals surface area contributed by atoms with Gasteiger partial charge in [0.05, 0.1) is 19.4 Å². The Balaban J connectivity index is 1.82. The molecule has 0 spiro atoms. The normalized spacial score (nSPS) is 12.8. The summed E-state index contributed by atoms with van der Waals surface area (Å²) in [4.78, 5) is 4.83. The Morgan fingerprint density at radius 3 is 2.28 bits per heavy atom. The van der Waals surface area contributed by atoms with Crippen LogP contribution < -0.4 is 14.9 Å². The molecule has 0 amide bonds. The van der Waals surface area contributed by atoms with Gasteiger partial charge in [0, 0.05) is 21.7 Å². The van der Waals surface area contributed by atoms with E-state index in [0.29, 0.717) is 17.5 Å². The predicted octanol–water partition coefficient (Wildman–Crippen LogP) is 5.18. The molecule has 146 valence electrons. The molecule has 0 atom stereocenters. The fourth-order valence-corrected chi connectivity index (χ4v) is 3.21. The molecule has 1 N–H and O–H groups in total. The van der Waals surface area contributed by atoms with Crippen LogP contribution in [0.2, 0.25) is 5.02 Å². The van der Waals surface area contributed by atoms with E-state index in [2.05, 4.69) is 10.5 Å². The van der Waals surface area contributed by atoms with E-state index < -0.39 is 0 Å². The molecule has 5 nitrogen and oxygen atoms in total. The summed E-state index contributed by atoms with van der Waals surface area (Å²) in [5, 5.41) is 5.35. The zero-order valence-electron chi connectivity index (χ0n) is 16.1. The average Bonchev–Trinajstić information content (AvgIpc) is 2.94. The number of aliphatic imine (C=N–C) groups is 1. The minimum atomic E-state index is 0.588. The summed E-state index contributed by atoms with van der Waals surface area (Å²) < 4.78 is 10.9. The maximum absolute atomic E-state index is 6.07. The zero-order valence-corrected chi connectivity index (χ0v) is 16.9. The first-order valence-electron chi connectivity index (χ1n) is 9.28. The Hall–Kier alpha value is -3.31. The van der Waals surface area contributed by atoms with Gasteiger partial charge in [-0.1, -0.05) is 23.7 Å². The molecule has 0 aliphatic carbocycles. The molecule has 29 heavy (non-hydrogen) atoms.